The van der Waals surface area contributed by atoms with Crippen LogP contribution in [-0.2, 0) is 17.9 Å². The van der Waals surface area contributed by atoms with E-state index in [0.29, 0.717) is 18.8 Å². The maximum Gasteiger partial charge on any atom is 0.316 e. The average molecular weight is 519 g/mol. The molecule has 0 radical (unpaired) electrons. The fourth-order valence-corrected chi connectivity index (χ4v) is 5.27. The number of carbonyl (C=O) groups excluding carboxylic acids is 1. The topological polar surface area (TPSA) is 136 Å². The number of hydrogen-bond donors (Lipinski definition) is 2. The van der Waals surface area contributed by atoms with Crippen molar-refractivity contribution in [2.24, 2.45) is 11.5 Å². The summed E-state index contributed by atoms with van der Waals surface area (Å²) in [7, 11) is 0. The van der Waals surface area contributed by atoms with Gasteiger partial charge in [-0.1, -0.05) is 35.6 Å². The second kappa shape index (κ2) is 11.7. The summed E-state index contributed by atoms with van der Waals surface area (Å²) in [5.74, 6) is -0.267. The molecule has 0 saturated carbocycles. The van der Waals surface area contributed by atoms with Crippen LogP contribution >= 0.6 is 11.3 Å². The first kappa shape index (κ1) is 25.2. The molecule has 1 fully saturated rings. The molecule has 1 amide bonds. The fourth-order valence-electron chi connectivity index (χ4n) is 4.35. The molecule has 192 valence electrons. The normalized spacial score (nSPS) is 15.9. The summed E-state index contributed by atoms with van der Waals surface area (Å²) in [5.41, 5.74) is 15.5. The Hall–Kier alpha value is -3.51. The summed E-state index contributed by atoms with van der Waals surface area (Å²) in [6.45, 7) is 5.24. The molecule has 10 nitrogen and oxygen atoms in total. The smallest absolute Gasteiger partial charge is 0.316 e. The standard InChI is InChI=1S/C26H30N8O2S/c27-22(35)16-34-12-2-11-33(13-14-34)15-18-4-6-19(7-5-18)17-36-26-30-10-8-20(32-26)23(28)25-31-21-3-1-9-29-24(21)37-25/h1,3-10,23H,2,11-17,28H2,(H2,27,35). The number of nitrogens with two attached hydrogens (primary N) is 2. The second-order valence-corrected chi connectivity index (χ2v) is 10.1. The van der Waals surface area contributed by atoms with Crippen LogP contribution in [0.1, 0.15) is 34.3 Å². The first-order chi connectivity index (χ1) is 18.0. The fraction of sp³-hybridized carbons (Fsp3) is 0.346. The van der Waals surface area contributed by atoms with Crippen molar-refractivity contribution in [1.29, 1.82) is 0 Å². The summed E-state index contributed by atoms with van der Waals surface area (Å²) < 4.78 is 5.87. The highest BCUT2D eigenvalue weighted by atomic mass is 32.1. The number of fused-ring (bicyclic) bond motifs is 1. The Labute approximate surface area is 219 Å². The number of nitrogens with zero attached hydrogens (tertiary/aromatic N) is 6. The summed E-state index contributed by atoms with van der Waals surface area (Å²) in [6, 6.07) is 13.7. The Morgan fingerprint density at radius 1 is 0.973 bits per heavy atom. The molecule has 3 aromatic heterocycles. The van der Waals surface area contributed by atoms with Crippen LogP contribution in [0.2, 0.25) is 0 Å². The molecule has 0 bridgehead atoms. The van der Waals surface area contributed by atoms with E-state index in [-0.39, 0.29) is 11.9 Å². The highest BCUT2D eigenvalue weighted by Crippen LogP contribution is 2.27. The molecule has 5 rings (SSSR count). The lowest BCUT2D eigenvalue weighted by Gasteiger charge is -2.21. The second-order valence-electron chi connectivity index (χ2n) is 9.10. The van der Waals surface area contributed by atoms with Crippen molar-refractivity contribution >= 4 is 27.6 Å². The molecule has 1 aromatic carbocycles. The van der Waals surface area contributed by atoms with E-state index in [0.717, 1.165) is 60.1 Å². The number of benzene rings is 1. The molecular formula is C26H30N8O2S. The number of rotatable bonds is 9. The maximum atomic E-state index is 11.2. The van der Waals surface area contributed by atoms with Crippen LogP contribution in [-0.4, -0.2) is 68.4 Å². The van der Waals surface area contributed by atoms with Gasteiger partial charge in [-0.3, -0.25) is 14.6 Å². The molecule has 1 atom stereocenters. The van der Waals surface area contributed by atoms with E-state index in [2.05, 4.69) is 54.0 Å². The number of primary amides is 1. The first-order valence-electron chi connectivity index (χ1n) is 12.3. The van der Waals surface area contributed by atoms with Crippen molar-refractivity contribution in [2.45, 2.75) is 25.6 Å². The Morgan fingerprint density at radius 2 is 1.76 bits per heavy atom. The number of aromatic nitrogens is 4. The third-order valence-electron chi connectivity index (χ3n) is 6.28. The predicted octanol–water partition coefficient (Wildman–Crippen LogP) is 2.10. The quantitative estimate of drug-likeness (QED) is 0.341. The lowest BCUT2D eigenvalue weighted by atomic mass is 10.1. The average Bonchev–Trinajstić information content (AvgIpc) is 3.23. The summed E-state index contributed by atoms with van der Waals surface area (Å²) in [5, 5.41) is 0.749. The summed E-state index contributed by atoms with van der Waals surface area (Å²) >= 11 is 1.46. The number of amides is 1. The largest absolute Gasteiger partial charge is 0.459 e. The van der Waals surface area contributed by atoms with Crippen LogP contribution in [0.25, 0.3) is 10.3 Å². The number of hydrogen-bond acceptors (Lipinski definition) is 10. The SMILES string of the molecule is NC(=O)CN1CCCN(Cc2ccc(COc3nccc(C(N)c4nc5cccnc5s4)n3)cc2)CC1. The van der Waals surface area contributed by atoms with E-state index < -0.39 is 6.04 Å². The Bertz CT molecular complexity index is 1310. The van der Waals surface area contributed by atoms with Crippen LogP contribution in [0.3, 0.4) is 0 Å². The first-order valence-corrected chi connectivity index (χ1v) is 13.1. The van der Waals surface area contributed by atoms with Gasteiger partial charge in [-0.2, -0.15) is 4.98 Å². The van der Waals surface area contributed by atoms with Gasteiger partial charge in [0.25, 0.3) is 0 Å². The van der Waals surface area contributed by atoms with Gasteiger partial charge in [-0.15, -0.1) is 0 Å². The van der Waals surface area contributed by atoms with Gasteiger partial charge in [-0.05, 0) is 48.8 Å². The van der Waals surface area contributed by atoms with Crippen molar-refractivity contribution in [3.05, 3.63) is 76.7 Å². The van der Waals surface area contributed by atoms with Crippen molar-refractivity contribution < 1.29 is 9.53 Å². The van der Waals surface area contributed by atoms with E-state index in [4.69, 9.17) is 16.2 Å². The van der Waals surface area contributed by atoms with Gasteiger partial charge in [0.1, 0.15) is 28.0 Å². The molecule has 0 aliphatic carbocycles. The molecule has 1 aliphatic heterocycles. The van der Waals surface area contributed by atoms with Gasteiger partial charge in [-0.25, -0.2) is 15.0 Å². The predicted molar refractivity (Wildman–Crippen MR) is 142 cm³/mol. The van der Waals surface area contributed by atoms with Crippen molar-refractivity contribution in [2.75, 3.05) is 32.7 Å². The molecule has 4 heterocycles. The number of pyridine rings is 1. The van der Waals surface area contributed by atoms with E-state index in [9.17, 15) is 4.79 Å². The highest BCUT2D eigenvalue weighted by molar-refractivity contribution is 7.18. The van der Waals surface area contributed by atoms with Crippen molar-refractivity contribution in [3.63, 3.8) is 0 Å². The third kappa shape index (κ3) is 6.63. The Balaban J connectivity index is 1.15. The minimum absolute atomic E-state index is 0.267. The number of thiazole rings is 1. The molecule has 4 aromatic rings. The molecule has 37 heavy (non-hydrogen) atoms. The monoisotopic (exact) mass is 518 g/mol. The zero-order chi connectivity index (χ0) is 25.6. The molecule has 11 heteroatoms. The molecule has 1 unspecified atom stereocenters. The molecule has 0 spiro atoms. The van der Waals surface area contributed by atoms with Crippen LogP contribution in [0.15, 0.2) is 54.9 Å². The van der Waals surface area contributed by atoms with Gasteiger partial charge in [0, 0.05) is 32.0 Å². The lowest BCUT2D eigenvalue weighted by molar-refractivity contribution is -0.119. The minimum atomic E-state index is -0.481. The van der Waals surface area contributed by atoms with E-state index >= 15 is 0 Å². The number of ether oxygens (including phenoxy) is 1. The highest BCUT2D eigenvalue weighted by Gasteiger charge is 2.18. The summed E-state index contributed by atoms with van der Waals surface area (Å²) in [4.78, 5) is 34.3. The maximum absolute atomic E-state index is 11.2. The van der Waals surface area contributed by atoms with Crippen LogP contribution in [0.4, 0.5) is 0 Å². The van der Waals surface area contributed by atoms with Gasteiger partial charge < -0.3 is 16.2 Å². The van der Waals surface area contributed by atoms with Gasteiger partial charge in [0.2, 0.25) is 5.91 Å². The number of carbonyl (C=O) groups is 1. The molecular weight excluding hydrogens is 488 g/mol. The molecule has 1 saturated heterocycles. The summed E-state index contributed by atoms with van der Waals surface area (Å²) in [6.07, 6.45) is 4.42. The lowest BCUT2D eigenvalue weighted by Crippen LogP contribution is -2.36. The molecule has 4 N–H and O–H groups in total. The van der Waals surface area contributed by atoms with Gasteiger partial charge >= 0.3 is 6.01 Å². The van der Waals surface area contributed by atoms with E-state index in [1.54, 1.807) is 18.5 Å². The zero-order valence-corrected chi connectivity index (χ0v) is 21.3. The molecule has 1 aliphatic rings. The van der Waals surface area contributed by atoms with Crippen LogP contribution in [0.5, 0.6) is 6.01 Å². The van der Waals surface area contributed by atoms with Crippen LogP contribution in [0, 0.1) is 0 Å². The third-order valence-corrected chi connectivity index (χ3v) is 7.34. The van der Waals surface area contributed by atoms with E-state index in [1.165, 1.54) is 16.9 Å². The van der Waals surface area contributed by atoms with E-state index in [1.807, 2.05) is 12.1 Å². The van der Waals surface area contributed by atoms with Gasteiger partial charge in [0.05, 0.1) is 12.2 Å². The van der Waals surface area contributed by atoms with Gasteiger partial charge in [0.15, 0.2) is 0 Å². The van der Waals surface area contributed by atoms with Crippen molar-refractivity contribution in [1.82, 2.24) is 29.7 Å². The minimum Gasteiger partial charge on any atom is -0.459 e. The Kier molecular flexibility index (Phi) is 7.95. The van der Waals surface area contributed by atoms with Crippen LogP contribution < -0.4 is 16.2 Å². The zero-order valence-electron chi connectivity index (χ0n) is 20.5. The van der Waals surface area contributed by atoms with Crippen molar-refractivity contribution in [3.8, 4) is 6.01 Å². The Morgan fingerprint density at radius 3 is 2.57 bits per heavy atom.